The van der Waals surface area contributed by atoms with Gasteiger partial charge in [-0.3, -0.25) is 9.79 Å². The zero-order valence-electron chi connectivity index (χ0n) is 16.1. The lowest BCUT2D eigenvalue weighted by Gasteiger charge is -2.35. The second-order valence-electron chi connectivity index (χ2n) is 7.71. The molecule has 2 fully saturated rings. The number of nitrogens with zero attached hydrogens (tertiary/aromatic N) is 4. The van der Waals surface area contributed by atoms with Crippen LogP contribution in [0, 0.1) is 0 Å². The van der Waals surface area contributed by atoms with Gasteiger partial charge in [0.05, 0.1) is 5.92 Å². The first kappa shape index (κ1) is 19.7. The number of amidine groups is 1. The minimum atomic E-state index is -4.44. The molecular weight excluding hydrogens is 385 g/mol. The Kier molecular flexibility index (Phi) is 4.95. The number of carbonyl (C=O) groups is 1. The number of carbonyl (C=O) groups excluding carboxylic acids is 1. The molecule has 29 heavy (non-hydrogen) atoms. The smallest absolute Gasteiger partial charge is 0.369 e. The highest BCUT2D eigenvalue weighted by atomic mass is 19.4. The van der Waals surface area contributed by atoms with Crippen LogP contribution in [0.2, 0.25) is 0 Å². The molecule has 0 aromatic carbocycles. The lowest BCUT2D eigenvalue weighted by molar-refractivity contribution is -0.141. The first-order chi connectivity index (χ1) is 13.8. The number of amides is 1. The van der Waals surface area contributed by atoms with Crippen LogP contribution in [0.3, 0.4) is 0 Å². The Bertz CT molecular complexity index is 868. The first-order valence-electron chi connectivity index (χ1n) is 9.72. The van der Waals surface area contributed by atoms with Crippen LogP contribution >= 0.6 is 0 Å². The molecule has 7 nitrogen and oxygen atoms in total. The lowest BCUT2D eigenvalue weighted by Crippen LogP contribution is -2.55. The van der Waals surface area contributed by atoms with Crippen molar-refractivity contribution in [3.8, 4) is 0 Å². The van der Waals surface area contributed by atoms with Gasteiger partial charge in [-0.2, -0.15) is 13.2 Å². The highest BCUT2D eigenvalue weighted by Gasteiger charge is 2.45. The zero-order chi connectivity index (χ0) is 20.6. The fourth-order valence-electron chi connectivity index (χ4n) is 4.21. The minimum Gasteiger partial charge on any atom is -0.369 e. The standard InChI is InChI=1S/C19H23F3N6O/c1-18(17(29)26-11-19(20,21)22)6-3-9-28(18)14-5-8-24-16(27-14)13-10-25-15-12(13)4-2-7-23-15/h4-5,8,13H,2-3,6-7,9-11H2,1H3,(H,23,25)(H,26,29). The van der Waals surface area contributed by atoms with E-state index in [1.807, 2.05) is 5.32 Å². The number of hydrogen-bond acceptors (Lipinski definition) is 6. The number of aliphatic imine (C=N–C) groups is 1. The van der Waals surface area contributed by atoms with Crippen LogP contribution in [-0.4, -0.2) is 59.6 Å². The van der Waals surface area contributed by atoms with E-state index in [2.05, 4.69) is 21.4 Å². The maximum Gasteiger partial charge on any atom is 0.405 e. The predicted octanol–water partition coefficient (Wildman–Crippen LogP) is 1.93. The largest absolute Gasteiger partial charge is 0.405 e. The van der Waals surface area contributed by atoms with Crippen molar-refractivity contribution in [2.75, 3.05) is 31.1 Å². The highest BCUT2D eigenvalue weighted by Crippen LogP contribution is 2.35. The average Bonchev–Trinajstić information content (AvgIpc) is 3.30. The summed E-state index contributed by atoms with van der Waals surface area (Å²) in [5, 5.41) is 5.31. The van der Waals surface area contributed by atoms with Gasteiger partial charge in [0.25, 0.3) is 0 Å². The number of fused-ring (bicyclic) bond motifs is 1. The molecule has 2 unspecified atom stereocenters. The molecule has 3 aliphatic heterocycles. The van der Waals surface area contributed by atoms with Crippen molar-refractivity contribution in [2.45, 2.75) is 43.8 Å². The van der Waals surface area contributed by atoms with Gasteiger partial charge in [0, 0.05) is 31.4 Å². The summed E-state index contributed by atoms with van der Waals surface area (Å²) in [4.78, 5) is 28.0. The number of anilines is 1. The molecule has 0 bridgehead atoms. The fourth-order valence-corrected chi connectivity index (χ4v) is 4.21. The molecule has 0 radical (unpaired) electrons. The Morgan fingerprint density at radius 1 is 1.45 bits per heavy atom. The van der Waals surface area contributed by atoms with Crippen molar-refractivity contribution in [3.63, 3.8) is 0 Å². The molecule has 2 N–H and O–H groups in total. The molecular formula is C19H23F3N6O. The van der Waals surface area contributed by atoms with Crippen molar-refractivity contribution in [1.29, 1.82) is 0 Å². The number of aromatic nitrogens is 2. The summed E-state index contributed by atoms with van der Waals surface area (Å²) in [6.07, 6.45) is 1.38. The van der Waals surface area contributed by atoms with Crippen LogP contribution in [-0.2, 0) is 4.79 Å². The summed E-state index contributed by atoms with van der Waals surface area (Å²) < 4.78 is 37.6. The molecule has 4 rings (SSSR count). The SMILES string of the molecule is CC1(C(=O)NCC(F)(F)F)CCCN1c1ccnc(C2CNC3=NCCC=C32)n1. The highest BCUT2D eigenvalue weighted by molar-refractivity contribution is 6.02. The molecule has 0 spiro atoms. The first-order valence-corrected chi connectivity index (χ1v) is 9.72. The van der Waals surface area contributed by atoms with E-state index < -0.39 is 24.2 Å². The third-order valence-electron chi connectivity index (χ3n) is 5.71. The Morgan fingerprint density at radius 3 is 3.07 bits per heavy atom. The Labute approximate surface area is 166 Å². The maximum atomic E-state index is 12.6. The maximum absolute atomic E-state index is 12.6. The molecule has 1 aromatic heterocycles. The van der Waals surface area contributed by atoms with Gasteiger partial charge in [0.1, 0.15) is 29.6 Å². The van der Waals surface area contributed by atoms with Crippen molar-refractivity contribution in [2.24, 2.45) is 4.99 Å². The van der Waals surface area contributed by atoms with Gasteiger partial charge in [-0.25, -0.2) is 9.97 Å². The summed E-state index contributed by atoms with van der Waals surface area (Å²) in [5.74, 6) is 1.39. The number of nitrogens with one attached hydrogen (secondary N) is 2. The van der Waals surface area contributed by atoms with Crippen molar-refractivity contribution in [3.05, 3.63) is 29.7 Å². The van der Waals surface area contributed by atoms with E-state index in [0.29, 0.717) is 37.6 Å². The van der Waals surface area contributed by atoms with E-state index in [4.69, 9.17) is 4.98 Å². The number of dihydropyridines is 1. The molecule has 0 saturated carbocycles. The van der Waals surface area contributed by atoms with Crippen molar-refractivity contribution < 1.29 is 18.0 Å². The van der Waals surface area contributed by atoms with Crippen LogP contribution in [0.25, 0.3) is 0 Å². The van der Waals surface area contributed by atoms with Gasteiger partial charge in [-0.15, -0.1) is 0 Å². The average molecular weight is 408 g/mol. The van der Waals surface area contributed by atoms with Crippen molar-refractivity contribution in [1.82, 2.24) is 20.6 Å². The van der Waals surface area contributed by atoms with Gasteiger partial charge in [0.15, 0.2) is 0 Å². The van der Waals surface area contributed by atoms with Crippen LogP contribution in [0.15, 0.2) is 28.9 Å². The normalized spacial score (nSPS) is 26.5. The van der Waals surface area contributed by atoms with Crippen LogP contribution < -0.4 is 15.5 Å². The molecule has 1 aromatic rings. The number of halogens is 3. The van der Waals surface area contributed by atoms with Gasteiger partial charge in [-0.1, -0.05) is 6.08 Å². The molecule has 2 saturated heterocycles. The van der Waals surface area contributed by atoms with Crippen LogP contribution in [0.4, 0.5) is 19.0 Å². The molecule has 1 amide bonds. The molecule has 3 aliphatic rings. The van der Waals surface area contributed by atoms with Crippen LogP contribution in [0.5, 0.6) is 0 Å². The molecule has 156 valence electrons. The third kappa shape index (κ3) is 3.79. The van der Waals surface area contributed by atoms with Crippen LogP contribution in [0.1, 0.15) is 37.9 Å². The molecule has 4 heterocycles. The topological polar surface area (TPSA) is 82.5 Å². The summed E-state index contributed by atoms with van der Waals surface area (Å²) in [5.41, 5.74) is 0.00198. The Hall–Kier alpha value is -2.65. The molecule has 10 heteroatoms. The van der Waals surface area contributed by atoms with E-state index in [1.54, 1.807) is 24.1 Å². The van der Waals surface area contributed by atoms with Gasteiger partial charge in [-0.05, 0) is 32.3 Å². The fraction of sp³-hybridized carbons (Fsp3) is 0.579. The number of alkyl halides is 3. The van der Waals surface area contributed by atoms with E-state index in [9.17, 15) is 18.0 Å². The van der Waals surface area contributed by atoms with Gasteiger partial charge >= 0.3 is 6.18 Å². The summed E-state index contributed by atoms with van der Waals surface area (Å²) in [7, 11) is 0. The quantitative estimate of drug-likeness (QED) is 0.796. The second kappa shape index (κ2) is 7.31. The summed E-state index contributed by atoms with van der Waals surface area (Å²) in [6.45, 7) is 2.29. The zero-order valence-corrected chi connectivity index (χ0v) is 16.1. The summed E-state index contributed by atoms with van der Waals surface area (Å²) in [6, 6.07) is 1.71. The van der Waals surface area contributed by atoms with Gasteiger partial charge in [0.2, 0.25) is 5.91 Å². The van der Waals surface area contributed by atoms with Crippen molar-refractivity contribution >= 4 is 17.6 Å². The third-order valence-corrected chi connectivity index (χ3v) is 5.71. The monoisotopic (exact) mass is 408 g/mol. The minimum absolute atomic E-state index is 0.0260. The van der Waals surface area contributed by atoms with E-state index in [-0.39, 0.29) is 5.92 Å². The Morgan fingerprint density at radius 2 is 2.28 bits per heavy atom. The Balaban J connectivity index is 1.57. The lowest BCUT2D eigenvalue weighted by atomic mass is 9.97. The predicted molar refractivity (Wildman–Crippen MR) is 102 cm³/mol. The molecule has 2 atom stereocenters. The van der Waals surface area contributed by atoms with E-state index in [0.717, 1.165) is 24.4 Å². The number of rotatable bonds is 4. The summed E-state index contributed by atoms with van der Waals surface area (Å²) >= 11 is 0. The van der Waals surface area contributed by atoms with E-state index in [1.165, 1.54) is 0 Å². The molecule has 0 aliphatic carbocycles. The van der Waals surface area contributed by atoms with E-state index >= 15 is 0 Å². The van der Waals surface area contributed by atoms with Gasteiger partial charge < -0.3 is 15.5 Å². The second-order valence-corrected chi connectivity index (χ2v) is 7.71. The number of hydrogen-bond donors (Lipinski definition) is 2.